The molecule has 2 heteroatoms. The van der Waals surface area contributed by atoms with Gasteiger partial charge in [0.1, 0.15) is 0 Å². The highest BCUT2D eigenvalue weighted by Gasteiger charge is 1.89. The highest BCUT2D eigenvalue weighted by molar-refractivity contribution is 5.87. The molecule has 0 radical (unpaired) electrons. The zero-order valence-corrected chi connectivity index (χ0v) is 7.13. The predicted molar refractivity (Wildman–Crippen MR) is 47.5 cm³/mol. The van der Waals surface area contributed by atoms with Gasteiger partial charge in [0.2, 0.25) is 0 Å². The fourth-order valence-corrected chi connectivity index (χ4v) is 0.562. The van der Waals surface area contributed by atoms with E-state index >= 15 is 0 Å². The molecule has 0 aromatic carbocycles. The van der Waals surface area contributed by atoms with Crippen LogP contribution < -0.4 is 5.32 Å². The standard InChI is InChI=1S/C9H15NO/c1-4-8(2)10-7-5-6-9(3)11/h4-6,8,10H,1,7H2,2-3H3/b6-5+. The molecule has 0 amide bonds. The third kappa shape index (κ3) is 7.00. The second-order valence-corrected chi connectivity index (χ2v) is 2.45. The van der Waals surface area contributed by atoms with Crippen molar-refractivity contribution in [3.8, 4) is 0 Å². The van der Waals surface area contributed by atoms with Gasteiger partial charge in [-0.25, -0.2) is 0 Å². The van der Waals surface area contributed by atoms with Crippen LogP contribution in [0.15, 0.2) is 24.8 Å². The molecule has 0 aromatic rings. The summed E-state index contributed by atoms with van der Waals surface area (Å²) in [6.45, 7) is 7.88. The molecule has 62 valence electrons. The Hall–Kier alpha value is -0.890. The van der Waals surface area contributed by atoms with Crippen molar-refractivity contribution in [1.82, 2.24) is 5.32 Å². The van der Waals surface area contributed by atoms with Crippen molar-refractivity contribution in [2.24, 2.45) is 0 Å². The summed E-state index contributed by atoms with van der Waals surface area (Å²) in [6.07, 6.45) is 5.19. The largest absolute Gasteiger partial charge is 0.307 e. The molecule has 0 fully saturated rings. The van der Waals surface area contributed by atoms with Crippen LogP contribution in [-0.4, -0.2) is 18.4 Å². The summed E-state index contributed by atoms with van der Waals surface area (Å²) in [5, 5.41) is 3.13. The van der Waals surface area contributed by atoms with Crippen molar-refractivity contribution in [3.63, 3.8) is 0 Å². The summed E-state index contributed by atoms with van der Waals surface area (Å²) in [4.78, 5) is 10.4. The minimum absolute atomic E-state index is 0.0815. The zero-order chi connectivity index (χ0) is 8.69. The number of ketones is 1. The van der Waals surface area contributed by atoms with Gasteiger partial charge in [-0.3, -0.25) is 4.79 Å². The van der Waals surface area contributed by atoms with Gasteiger partial charge in [-0.05, 0) is 19.9 Å². The molecule has 0 aliphatic heterocycles. The van der Waals surface area contributed by atoms with Crippen molar-refractivity contribution < 1.29 is 4.79 Å². The molecule has 1 atom stereocenters. The summed E-state index contributed by atoms with van der Waals surface area (Å²) in [5.41, 5.74) is 0. The molecule has 1 N–H and O–H groups in total. The van der Waals surface area contributed by atoms with Gasteiger partial charge in [0.15, 0.2) is 5.78 Å². The normalized spacial score (nSPS) is 13.3. The van der Waals surface area contributed by atoms with Crippen LogP contribution in [0.5, 0.6) is 0 Å². The van der Waals surface area contributed by atoms with Crippen LogP contribution in [0.4, 0.5) is 0 Å². The van der Waals surface area contributed by atoms with Crippen LogP contribution in [0.1, 0.15) is 13.8 Å². The van der Waals surface area contributed by atoms with Crippen LogP contribution in [0.25, 0.3) is 0 Å². The molecule has 2 nitrogen and oxygen atoms in total. The van der Waals surface area contributed by atoms with E-state index in [9.17, 15) is 4.79 Å². The second-order valence-electron chi connectivity index (χ2n) is 2.45. The quantitative estimate of drug-likeness (QED) is 0.476. The fourth-order valence-electron chi connectivity index (χ4n) is 0.562. The van der Waals surface area contributed by atoms with Crippen molar-refractivity contribution in [1.29, 1.82) is 0 Å². The Labute approximate surface area is 68.0 Å². The molecule has 0 aliphatic rings. The van der Waals surface area contributed by atoms with E-state index in [4.69, 9.17) is 0 Å². The first kappa shape index (κ1) is 10.1. The van der Waals surface area contributed by atoms with Crippen LogP contribution in [0, 0.1) is 0 Å². The fraction of sp³-hybridized carbons (Fsp3) is 0.444. The zero-order valence-electron chi connectivity index (χ0n) is 7.13. The van der Waals surface area contributed by atoms with Crippen LogP contribution in [-0.2, 0) is 4.79 Å². The van der Waals surface area contributed by atoms with Crippen LogP contribution in [0.2, 0.25) is 0 Å². The molecule has 0 spiro atoms. The number of carbonyl (C=O) groups is 1. The van der Waals surface area contributed by atoms with Crippen molar-refractivity contribution in [2.75, 3.05) is 6.54 Å². The monoisotopic (exact) mass is 153 g/mol. The summed E-state index contributed by atoms with van der Waals surface area (Å²) in [7, 11) is 0. The maximum atomic E-state index is 10.4. The average Bonchev–Trinajstić information content (AvgIpc) is 1.97. The van der Waals surface area contributed by atoms with Crippen molar-refractivity contribution in [2.45, 2.75) is 19.9 Å². The summed E-state index contributed by atoms with van der Waals surface area (Å²) >= 11 is 0. The smallest absolute Gasteiger partial charge is 0.152 e. The molecule has 0 heterocycles. The highest BCUT2D eigenvalue weighted by Crippen LogP contribution is 1.80. The number of nitrogens with one attached hydrogen (secondary N) is 1. The van der Waals surface area contributed by atoms with Gasteiger partial charge in [0.05, 0.1) is 0 Å². The van der Waals surface area contributed by atoms with Crippen LogP contribution in [0.3, 0.4) is 0 Å². The number of rotatable bonds is 5. The Balaban J connectivity index is 3.41. The number of hydrogen-bond donors (Lipinski definition) is 1. The molecule has 0 saturated heterocycles. The maximum absolute atomic E-state index is 10.4. The highest BCUT2D eigenvalue weighted by atomic mass is 16.1. The maximum Gasteiger partial charge on any atom is 0.152 e. The van der Waals surface area contributed by atoms with Gasteiger partial charge >= 0.3 is 0 Å². The average molecular weight is 153 g/mol. The lowest BCUT2D eigenvalue weighted by atomic mass is 10.3. The molecule has 0 rings (SSSR count). The van der Waals surface area contributed by atoms with E-state index in [1.807, 2.05) is 19.1 Å². The van der Waals surface area contributed by atoms with Gasteiger partial charge in [-0.15, -0.1) is 6.58 Å². The van der Waals surface area contributed by atoms with E-state index in [-0.39, 0.29) is 5.78 Å². The number of hydrogen-bond acceptors (Lipinski definition) is 2. The first-order valence-electron chi connectivity index (χ1n) is 3.70. The third-order valence-electron chi connectivity index (χ3n) is 1.26. The van der Waals surface area contributed by atoms with Gasteiger partial charge < -0.3 is 5.32 Å². The first-order valence-corrected chi connectivity index (χ1v) is 3.70. The van der Waals surface area contributed by atoms with Gasteiger partial charge in [0.25, 0.3) is 0 Å². The predicted octanol–water partition coefficient (Wildman–Crippen LogP) is 1.30. The van der Waals surface area contributed by atoms with E-state index in [1.54, 1.807) is 6.08 Å². The van der Waals surface area contributed by atoms with Crippen LogP contribution >= 0.6 is 0 Å². The summed E-state index contributed by atoms with van der Waals surface area (Å²) in [5.74, 6) is 0.0815. The second kappa shape index (κ2) is 5.86. The Morgan fingerprint density at radius 3 is 2.82 bits per heavy atom. The lowest BCUT2D eigenvalue weighted by molar-refractivity contribution is -0.112. The molecule has 11 heavy (non-hydrogen) atoms. The Bertz CT molecular complexity index is 161. The SMILES string of the molecule is C=CC(C)NC/C=C/C(C)=O. The molecule has 0 bridgehead atoms. The van der Waals surface area contributed by atoms with Gasteiger partial charge in [0, 0.05) is 12.6 Å². The van der Waals surface area contributed by atoms with E-state index in [0.29, 0.717) is 12.6 Å². The Kier molecular flexibility index (Phi) is 5.39. The van der Waals surface area contributed by atoms with Crippen molar-refractivity contribution in [3.05, 3.63) is 24.8 Å². The topological polar surface area (TPSA) is 29.1 Å². The van der Waals surface area contributed by atoms with E-state index in [0.717, 1.165) is 0 Å². The summed E-state index contributed by atoms with van der Waals surface area (Å²) in [6, 6.07) is 0.298. The molecular weight excluding hydrogens is 138 g/mol. The Morgan fingerprint density at radius 2 is 2.36 bits per heavy atom. The minimum atomic E-state index is 0.0815. The lowest BCUT2D eigenvalue weighted by Crippen LogP contribution is -2.23. The minimum Gasteiger partial charge on any atom is -0.307 e. The molecule has 0 aromatic heterocycles. The van der Waals surface area contributed by atoms with Crippen molar-refractivity contribution >= 4 is 5.78 Å². The number of allylic oxidation sites excluding steroid dienone is 1. The van der Waals surface area contributed by atoms with E-state index in [2.05, 4.69) is 11.9 Å². The lowest BCUT2D eigenvalue weighted by Gasteiger charge is -2.04. The van der Waals surface area contributed by atoms with E-state index in [1.165, 1.54) is 6.92 Å². The molecular formula is C9H15NO. The molecule has 0 saturated carbocycles. The molecule has 1 unspecified atom stereocenters. The summed E-state index contributed by atoms with van der Waals surface area (Å²) < 4.78 is 0. The third-order valence-corrected chi connectivity index (χ3v) is 1.26. The number of carbonyl (C=O) groups excluding carboxylic acids is 1. The van der Waals surface area contributed by atoms with E-state index < -0.39 is 0 Å². The van der Waals surface area contributed by atoms with Gasteiger partial charge in [-0.2, -0.15) is 0 Å². The van der Waals surface area contributed by atoms with Gasteiger partial charge in [-0.1, -0.05) is 12.2 Å². The Morgan fingerprint density at radius 1 is 1.73 bits per heavy atom. The first-order chi connectivity index (χ1) is 5.16. The molecule has 0 aliphatic carbocycles.